The van der Waals surface area contributed by atoms with Crippen LogP contribution in [0, 0.1) is 11.6 Å². The maximum atomic E-state index is 14.5. The number of thiazole rings is 1. The second-order valence-corrected chi connectivity index (χ2v) is 10.2. The molecule has 0 fully saturated rings. The molecule has 0 saturated carbocycles. The van der Waals surface area contributed by atoms with Crippen LogP contribution in [0.4, 0.5) is 8.78 Å². The van der Waals surface area contributed by atoms with Gasteiger partial charge in [-0.15, -0.1) is 0 Å². The SMILES string of the molecule is COc1ccc(Cl)cc1C(=O)N=c1sc2c(n1Cc1ccc(F)cc1F)C(C)(C)OC2(C)C. The number of hydrogen-bond acceptors (Lipinski definition) is 4. The second-order valence-electron chi connectivity index (χ2n) is 8.77. The number of aromatic nitrogens is 1. The number of fused-ring (bicyclic) bond motifs is 1. The molecule has 1 aromatic heterocycles. The monoisotopic (exact) mass is 492 g/mol. The zero-order valence-electron chi connectivity index (χ0n) is 18.8. The van der Waals surface area contributed by atoms with E-state index >= 15 is 0 Å². The van der Waals surface area contributed by atoms with Crippen LogP contribution in [0.5, 0.6) is 5.75 Å². The fourth-order valence-electron chi connectivity index (χ4n) is 4.20. The maximum absolute atomic E-state index is 14.5. The first kappa shape index (κ1) is 23.6. The summed E-state index contributed by atoms with van der Waals surface area (Å²) in [7, 11) is 1.46. The van der Waals surface area contributed by atoms with E-state index in [1.807, 2.05) is 27.7 Å². The van der Waals surface area contributed by atoms with Gasteiger partial charge in [0.15, 0.2) is 4.80 Å². The van der Waals surface area contributed by atoms with Gasteiger partial charge in [0.1, 0.15) is 23.0 Å². The van der Waals surface area contributed by atoms with Gasteiger partial charge >= 0.3 is 0 Å². The minimum atomic E-state index is -0.712. The summed E-state index contributed by atoms with van der Waals surface area (Å²) in [5.74, 6) is -1.53. The molecule has 0 radical (unpaired) electrons. The van der Waals surface area contributed by atoms with E-state index in [0.29, 0.717) is 15.6 Å². The summed E-state index contributed by atoms with van der Waals surface area (Å²) < 4.78 is 41.3. The molecule has 0 N–H and O–H groups in total. The number of amides is 1. The van der Waals surface area contributed by atoms with E-state index in [1.54, 1.807) is 16.7 Å². The van der Waals surface area contributed by atoms with Crippen molar-refractivity contribution in [1.29, 1.82) is 0 Å². The molecule has 2 aromatic carbocycles. The number of carbonyl (C=O) groups is 1. The number of halogens is 3. The van der Waals surface area contributed by atoms with E-state index in [4.69, 9.17) is 21.1 Å². The van der Waals surface area contributed by atoms with Gasteiger partial charge in [0, 0.05) is 16.7 Å². The number of hydrogen-bond donors (Lipinski definition) is 0. The molecule has 0 unspecified atom stereocenters. The first-order valence-electron chi connectivity index (χ1n) is 10.2. The van der Waals surface area contributed by atoms with Gasteiger partial charge in [-0.05, 0) is 52.0 Å². The summed E-state index contributed by atoms with van der Waals surface area (Å²) in [6, 6.07) is 8.15. The highest BCUT2D eigenvalue weighted by Gasteiger charge is 2.47. The molecule has 4 rings (SSSR count). The Bertz CT molecular complexity index is 1330. The van der Waals surface area contributed by atoms with Crippen LogP contribution in [0.1, 0.15) is 54.2 Å². The van der Waals surface area contributed by atoms with Crippen molar-refractivity contribution < 1.29 is 23.0 Å². The summed E-state index contributed by atoms with van der Waals surface area (Å²) in [4.78, 5) is 18.8. The Morgan fingerprint density at radius 2 is 1.88 bits per heavy atom. The molecule has 1 aliphatic heterocycles. The van der Waals surface area contributed by atoms with Crippen molar-refractivity contribution in [2.45, 2.75) is 45.4 Å². The molecule has 0 bridgehead atoms. The lowest BCUT2D eigenvalue weighted by Crippen LogP contribution is -2.29. The zero-order chi connectivity index (χ0) is 24.1. The van der Waals surface area contributed by atoms with Crippen LogP contribution < -0.4 is 9.54 Å². The van der Waals surface area contributed by atoms with Gasteiger partial charge in [-0.1, -0.05) is 29.0 Å². The van der Waals surface area contributed by atoms with Crippen molar-refractivity contribution in [1.82, 2.24) is 4.57 Å². The molecule has 3 aromatic rings. The van der Waals surface area contributed by atoms with Gasteiger partial charge in [0.2, 0.25) is 0 Å². The molecule has 0 atom stereocenters. The van der Waals surface area contributed by atoms with Crippen LogP contribution in [-0.4, -0.2) is 17.6 Å². The van der Waals surface area contributed by atoms with Gasteiger partial charge in [0.25, 0.3) is 5.91 Å². The van der Waals surface area contributed by atoms with Crippen molar-refractivity contribution >= 4 is 28.8 Å². The quantitative estimate of drug-likeness (QED) is 0.464. The molecule has 2 heterocycles. The summed E-state index contributed by atoms with van der Waals surface area (Å²) in [6.07, 6.45) is 0. The molecule has 174 valence electrons. The van der Waals surface area contributed by atoms with E-state index in [1.165, 1.54) is 36.6 Å². The first-order chi connectivity index (χ1) is 15.4. The van der Waals surface area contributed by atoms with E-state index in [-0.39, 0.29) is 17.7 Å². The van der Waals surface area contributed by atoms with E-state index in [2.05, 4.69) is 4.99 Å². The Morgan fingerprint density at radius 3 is 2.55 bits per heavy atom. The molecule has 33 heavy (non-hydrogen) atoms. The normalized spacial score (nSPS) is 16.7. The number of methoxy groups -OCH3 is 1. The van der Waals surface area contributed by atoms with Crippen molar-refractivity contribution in [3.05, 3.63) is 79.6 Å². The molecular formula is C24H23ClF2N2O3S. The minimum absolute atomic E-state index is 0.0552. The van der Waals surface area contributed by atoms with Crippen molar-refractivity contribution in [2.75, 3.05) is 7.11 Å². The topological polar surface area (TPSA) is 52.8 Å². The third-order valence-electron chi connectivity index (χ3n) is 5.47. The molecular weight excluding hydrogens is 470 g/mol. The van der Waals surface area contributed by atoms with E-state index in [9.17, 15) is 13.6 Å². The summed E-state index contributed by atoms with van der Waals surface area (Å²) in [6.45, 7) is 7.75. The lowest BCUT2D eigenvalue weighted by molar-refractivity contribution is -0.106. The standard InChI is InChI=1S/C24H23ClF2N2O3S/c1-23(2)19-20(24(3,4)32-23)33-22(29(19)12-13-6-8-15(26)11-17(13)27)28-21(30)16-10-14(25)7-9-18(16)31-5/h6-11H,12H2,1-5H3. The predicted molar refractivity (Wildman–Crippen MR) is 123 cm³/mol. The van der Waals surface area contributed by atoms with Crippen LogP contribution in [0.2, 0.25) is 5.02 Å². The van der Waals surface area contributed by atoms with E-state index in [0.717, 1.165) is 16.6 Å². The molecule has 1 amide bonds. The fourth-order valence-corrected chi connectivity index (χ4v) is 5.69. The van der Waals surface area contributed by atoms with Crippen LogP contribution >= 0.6 is 22.9 Å². The molecule has 5 nitrogen and oxygen atoms in total. The summed E-state index contributed by atoms with van der Waals surface area (Å²) >= 11 is 7.39. The van der Waals surface area contributed by atoms with Crippen molar-refractivity contribution in [3.63, 3.8) is 0 Å². The summed E-state index contributed by atoms with van der Waals surface area (Å²) in [5, 5.41) is 0.375. The zero-order valence-corrected chi connectivity index (χ0v) is 20.4. The van der Waals surface area contributed by atoms with Gasteiger partial charge in [-0.2, -0.15) is 4.99 Å². The predicted octanol–water partition coefficient (Wildman–Crippen LogP) is 5.78. The lowest BCUT2D eigenvalue weighted by Gasteiger charge is -2.26. The van der Waals surface area contributed by atoms with Crippen LogP contribution in [0.3, 0.4) is 0 Å². The summed E-state index contributed by atoms with van der Waals surface area (Å²) in [5.41, 5.74) is -0.0569. The van der Waals surface area contributed by atoms with Gasteiger partial charge in [0.05, 0.1) is 35.4 Å². The second kappa shape index (κ2) is 8.34. The Balaban J connectivity index is 1.92. The van der Waals surface area contributed by atoms with Gasteiger partial charge in [-0.3, -0.25) is 4.79 Å². The number of rotatable bonds is 4. The third kappa shape index (κ3) is 4.35. The molecule has 9 heteroatoms. The lowest BCUT2D eigenvalue weighted by atomic mass is 10.0. The largest absolute Gasteiger partial charge is 0.496 e. The Labute approximate surface area is 199 Å². The number of carbonyl (C=O) groups excluding carboxylic acids is 1. The number of ether oxygens (including phenoxy) is 2. The molecule has 0 saturated heterocycles. The first-order valence-corrected chi connectivity index (χ1v) is 11.4. The number of benzene rings is 2. The Hall–Kier alpha value is -2.55. The Kier molecular flexibility index (Phi) is 5.97. The molecule has 1 aliphatic rings. The van der Waals surface area contributed by atoms with Crippen molar-refractivity contribution in [3.8, 4) is 5.75 Å². The highest BCUT2D eigenvalue weighted by molar-refractivity contribution is 7.09. The maximum Gasteiger partial charge on any atom is 0.283 e. The minimum Gasteiger partial charge on any atom is -0.496 e. The third-order valence-corrected chi connectivity index (χ3v) is 7.09. The smallest absolute Gasteiger partial charge is 0.283 e. The van der Waals surface area contributed by atoms with Crippen LogP contribution in [-0.2, 0) is 22.5 Å². The Morgan fingerprint density at radius 1 is 1.15 bits per heavy atom. The average Bonchev–Trinajstić information content (AvgIpc) is 3.17. The fraction of sp³-hybridized carbons (Fsp3) is 0.333. The van der Waals surface area contributed by atoms with Crippen molar-refractivity contribution in [2.24, 2.45) is 4.99 Å². The van der Waals surface area contributed by atoms with Gasteiger partial charge in [-0.25, -0.2) is 8.78 Å². The highest BCUT2D eigenvalue weighted by Crippen LogP contribution is 2.48. The van der Waals surface area contributed by atoms with Gasteiger partial charge < -0.3 is 14.0 Å². The molecule has 0 spiro atoms. The average molecular weight is 493 g/mol. The molecule has 0 aliphatic carbocycles. The van der Waals surface area contributed by atoms with E-state index < -0.39 is 28.7 Å². The van der Waals surface area contributed by atoms with Crippen LogP contribution in [0.15, 0.2) is 41.4 Å². The number of nitrogens with zero attached hydrogens (tertiary/aromatic N) is 2. The highest BCUT2D eigenvalue weighted by atomic mass is 35.5. The van der Waals surface area contributed by atoms with Crippen LogP contribution in [0.25, 0.3) is 0 Å².